The van der Waals surface area contributed by atoms with Crippen molar-refractivity contribution in [2.45, 2.75) is 25.1 Å². The topological polar surface area (TPSA) is 29.3 Å². The second-order valence-electron chi connectivity index (χ2n) is 4.62. The number of nitrogens with zero attached hydrogens (tertiary/aromatic N) is 1. The number of alkyl halides is 3. The van der Waals surface area contributed by atoms with Crippen molar-refractivity contribution in [2.24, 2.45) is 5.73 Å². The van der Waals surface area contributed by atoms with Gasteiger partial charge in [-0.1, -0.05) is 28.1 Å². The zero-order valence-electron chi connectivity index (χ0n) is 10.8. The summed E-state index contributed by atoms with van der Waals surface area (Å²) in [6, 6.07) is 7.50. The molecule has 0 aliphatic rings. The molecule has 0 bridgehead atoms. The summed E-state index contributed by atoms with van der Waals surface area (Å²) >= 11 is 3.37. The van der Waals surface area contributed by atoms with Gasteiger partial charge in [-0.2, -0.15) is 13.2 Å². The van der Waals surface area contributed by atoms with Crippen molar-refractivity contribution < 1.29 is 13.2 Å². The largest absolute Gasteiger partial charge is 0.390 e. The van der Waals surface area contributed by atoms with Gasteiger partial charge in [-0.3, -0.25) is 0 Å². The molecule has 19 heavy (non-hydrogen) atoms. The predicted octanol–water partition coefficient (Wildman–Crippen LogP) is 3.72. The van der Waals surface area contributed by atoms with Crippen LogP contribution >= 0.6 is 15.9 Å². The second kappa shape index (κ2) is 7.26. The molecule has 0 aromatic heterocycles. The fourth-order valence-electron chi connectivity index (χ4n) is 1.69. The molecule has 0 heterocycles. The maximum absolute atomic E-state index is 12.1. The Bertz CT molecular complexity index is 396. The molecular weight excluding hydrogens is 321 g/mol. The summed E-state index contributed by atoms with van der Waals surface area (Å²) in [5.41, 5.74) is 7.01. The molecule has 1 unspecified atom stereocenters. The van der Waals surface area contributed by atoms with Gasteiger partial charge >= 0.3 is 6.18 Å². The van der Waals surface area contributed by atoms with Crippen molar-refractivity contribution in [2.75, 3.05) is 20.1 Å². The van der Waals surface area contributed by atoms with Crippen LogP contribution in [-0.4, -0.2) is 31.2 Å². The number of hydrogen-bond acceptors (Lipinski definition) is 2. The molecule has 1 rings (SSSR count). The molecule has 0 fully saturated rings. The maximum Gasteiger partial charge on any atom is 0.390 e. The van der Waals surface area contributed by atoms with E-state index in [4.69, 9.17) is 5.73 Å². The van der Waals surface area contributed by atoms with Gasteiger partial charge in [0.15, 0.2) is 0 Å². The highest BCUT2D eigenvalue weighted by molar-refractivity contribution is 9.10. The third kappa shape index (κ3) is 6.94. The minimum Gasteiger partial charge on any atom is -0.324 e. The lowest BCUT2D eigenvalue weighted by Crippen LogP contribution is -2.27. The lowest BCUT2D eigenvalue weighted by atomic mass is 10.0. The standard InChI is InChI=1S/C13H18BrF3N2/c1-19(8-6-13(15,16)17)7-5-12(18)10-3-2-4-11(14)9-10/h2-4,9,12H,5-8,18H2,1H3. The number of nitrogens with two attached hydrogens (primary N) is 1. The molecule has 1 atom stereocenters. The molecule has 0 amide bonds. The van der Waals surface area contributed by atoms with Gasteiger partial charge in [0.25, 0.3) is 0 Å². The summed E-state index contributed by atoms with van der Waals surface area (Å²) in [4.78, 5) is 1.66. The molecule has 0 spiro atoms. The van der Waals surface area contributed by atoms with Crippen LogP contribution in [0.5, 0.6) is 0 Å². The average molecular weight is 339 g/mol. The van der Waals surface area contributed by atoms with Gasteiger partial charge in [0, 0.05) is 17.1 Å². The Morgan fingerprint density at radius 3 is 2.58 bits per heavy atom. The summed E-state index contributed by atoms with van der Waals surface area (Å²) in [6.45, 7) is 0.554. The van der Waals surface area contributed by atoms with Crippen LogP contribution in [0.15, 0.2) is 28.7 Å². The van der Waals surface area contributed by atoms with Gasteiger partial charge in [0.1, 0.15) is 0 Å². The van der Waals surface area contributed by atoms with Crippen LogP contribution < -0.4 is 5.73 Å². The first kappa shape index (κ1) is 16.5. The summed E-state index contributed by atoms with van der Waals surface area (Å²) in [7, 11) is 1.68. The van der Waals surface area contributed by atoms with Gasteiger partial charge in [-0.05, 0) is 37.7 Å². The van der Waals surface area contributed by atoms with Crippen LogP contribution in [0, 0.1) is 0 Å². The fraction of sp³-hybridized carbons (Fsp3) is 0.538. The van der Waals surface area contributed by atoms with E-state index in [1.807, 2.05) is 24.3 Å². The summed E-state index contributed by atoms with van der Waals surface area (Å²) < 4.78 is 37.2. The normalized spacial score (nSPS) is 13.8. The molecule has 6 heteroatoms. The Morgan fingerprint density at radius 2 is 2.00 bits per heavy atom. The van der Waals surface area contributed by atoms with E-state index in [-0.39, 0.29) is 12.6 Å². The van der Waals surface area contributed by atoms with Crippen molar-refractivity contribution in [3.05, 3.63) is 34.3 Å². The first-order valence-electron chi connectivity index (χ1n) is 6.04. The van der Waals surface area contributed by atoms with Crippen molar-refractivity contribution >= 4 is 15.9 Å². The van der Waals surface area contributed by atoms with E-state index in [0.717, 1.165) is 10.0 Å². The predicted molar refractivity (Wildman–Crippen MR) is 73.9 cm³/mol. The van der Waals surface area contributed by atoms with Gasteiger partial charge < -0.3 is 10.6 Å². The molecule has 1 aromatic rings. The van der Waals surface area contributed by atoms with E-state index in [0.29, 0.717) is 13.0 Å². The minimum absolute atomic E-state index is 0.00864. The highest BCUT2D eigenvalue weighted by Gasteiger charge is 2.27. The van der Waals surface area contributed by atoms with Crippen LogP contribution in [0.25, 0.3) is 0 Å². The van der Waals surface area contributed by atoms with Crippen molar-refractivity contribution in [3.63, 3.8) is 0 Å². The van der Waals surface area contributed by atoms with Gasteiger partial charge in [0.05, 0.1) is 6.42 Å². The summed E-state index contributed by atoms with van der Waals surface area (Å²) in [6.07, 6.45) is -4.25. The Hall–Kier alpha value is -0.590. The van der Waals surface area contributed by atoms with Crippen LogP contribution in [0.1, 0.15) is 24.4 Å². The Balaban J connectivity index is 2.36. The molecule has 0 saturated heterocycles. The monoisotopic (exact) mass is 338 g/mol. The van der Waals surface area contributed by atoms with Crippen molar-refractivity contribution in [3.8, 4) is 0 Å². The smallest absolute Gasteiger partial charge is 0.324 e. The van der Waals surface area contributed by atoms with E-state index < -0.39 is 12.6 Å². The molecule has 0 saturated carbocycles. The maximum atomic E-state index is 12.1. The zero-order chi connectivity index (χ0) is 14.5. The fourth-order valence-corrected chi connectivity index (χ4v) is 2.11. The molecule has 0 radical (unpaired) electrons. The van der Waals surface area contributed by atoms with Crippen LogP contribution in [0.4, 0.5) is 13.2 Å². The highest BCUT2D eigenvalue weighted by Crippen LogP contribution is 2.21. The number of hydrogen-bond donors (Lipinski definition) is 1. The van der Waals surface area contributed by atoms with Crippen LogP contribution in [0.3, 0.4) is 0 Å². The Labute approximate surface area is 119 Å². The zero-order valence-corrected chi connectivity index (χ0v) is 12.3. The highest BCUT2D eigenvalue weighted by atomic mass is 79.9. The van der Waals surface area contributed by atoms with E-state index >= 15 is 0 Å². The van der Waals surface area contributed by atoms with E-state index in [9.17, 15) is 13.2 Å². The summed E-state index contributed by atoms with van der Waals surface area (Å²) in [5.74, 6) is 0. The van der Waals surface area contributed by atoms with E-state index in [2.05, 4.69) is 15.9 Å². The average Bonchev–Trinajstić information content (AvgIpc) is 2.32. The quantitative estimate of drug-likeness (QED) is 0.856. The molecular formula is C13H18BrF3N2. The van der Waals surface area contributed by atoms with Crippen molar-refractivity contribution in [1.82, 2.24) is 4.90 Å². The molecule has 1 aromatic carbocycles. The molecule has 108 valence electrons. The molecule has 2 nitrogen and oxygen atoms in total. The second-order valence-corrected chi connectivity index (χ2v) is 5.53. The Morgan fingerprint density at radius 1 is 1.32 bits per heavy atom. The number of benzene rings is 1. The lowest BCUT2D eigenvalue weighted by molar-refractivity contribution is -0.137. The summed E-state index contributed by atoms with van der Waals surface area (Å²) in [5, 5.41) is 0. The lowest BCUT2D eigenvalue weighted by Gasteiger charge is -2.20. The van der Waals surface area contributed by atoms with Gasteiger partial charge in [-0.15, -0.1) is 0 Å². The number of rotatable bonds is 6. The third-order valence-electron chi connectivity index (χ3n) is 2.88. The van der Waals surface area contributed by atoms with Crippen LogP contribution in [0.2, 0.25) is 0 Å². The Kier molecular flexibility index (Phi) is 6.29. The van der Waals surface area contributed by atoms with Crippen molar-refractivity contribution in [1.29, 1.82) is 0 Å². The van der Waals surface area contributed by atoms with Crippen LogP contribution in [-0.2, 0) is 0 Å². The van der Waals surface area contributed by atoms with Gasteiger partial charge in [0.2, 0.25) is 0 Å². The molecule has 0 aliphatic heterocycles. The SMILES string of the molecule is CN(CCC(N)c1cccc(Br)c1)CCC(F)(F)F. The first-order chi connectivity index (χ1) is 8.78. The minimum atomic E-state index is -4.10. The van der Waals surface area contributed by atoms with Gasteiger partial charge in [-0.25, -0.2) is 0 Å². The molecule has 0 aliphatic carbocycles. The molecule has 2 N–H and O–H groups in total. The third-order valence-corrected chi connectivity index (χ3v) is 3.37. The van der Waals surface area contributed by atoms with E-state index in [1.165, 1.54) is 0 Å². The van der Waals surface area contributed by atoms with E-state index in [1.54, 1.807) is 11.9 Å². The number of halogens is 4. The first-order valence-corrected chi connectivity index (χ1v) is 6.83.